The van der Waals surface area contributed by atoms with Gasteiger partial charge in [-0.1, -0.05) is 53.2 Å². The molecule has 3 aromatic carbocycles. The number of hydrogen-bond donors (Lipinski definition) is 2. The van der Waals surface area contributed by atoms with E-state index < -0.39 is 11.8 Å². The summed E-state index contributed by atoms with van der Waals surface area (Å²) in [5.74, 6) is 0.0793. The highest BCUT2D eigenvalue weighted by atomic mass is 79.9. The Morgan fingerprint density at radius 3 is 2.52 bits per heavy atom. The van der Waals surface area contributed by atoms with E-state index >= 15 is 0 Å². The number of nitrogens with one attached hydrogen (secondary N) is 2. The maximum absolute atomic E-state index is 12.4. The zero-order valence-electron chi connectivity index (χ0n) is 15.9. The highest BCUT2D eigenvalue weighted by Gasteiger charge is 2.14. The molecular formula is C22H21BrN2O4. The van der Waals surface area contributed by atoms with Gasteiger partial charge in [-0.15, -0.1) is 0 Å². The predicted octanol–water partition coefficient (Wildman–Crippen LogP) is 4.23. The van der Waals surface area contributed by atoms with Crippen LogP contribution in [0.15, 0.2) is 65.1 Å². The van der Waals surface area contributed by atoms with E-state index in [9.17, 15) is 9.59 Å². The Morgan fingerprint density at radius 1 is 0.931 bits per heavy atom. The molecule has 7 heteroatoms. The Labute approximate surface area is 177 Å². The summed E-state index contributed by atoms with van der Waals surface area (Å²) in [4.78, 5) is 24.5. The van der Waals surface area contributed by atoms with Gasteiger partial charge in [0.2, 0.25) is 0 Å². The number of fused-ring (bicyclic) bond motifs is 1. The first-order valence-corrected chi connectivity index (χ1v) is 9.99. The van der Waals surface area contributed by atoms with E-state index in [1.165, 1.54) is 0 Å². The minimum atomic E-state index is -0.476. The highest BCUT2D eigenvalue weighted by molar-refractivity contribution is 9.10. The molecule has 6 nitrogen and oxygen atoms in total. The fraction of sp³-hybridized carbons (Fsp3) is 0.182. The normalized spacial score (nSPS) is 10.4. The molecule has 3 aromatic rings. The van der Waals surface area contributed by atoms with Crippen molar-refractivity contribution in [1.29, 1.82) is 0 Å². The maximum Gasteiger partial charge on any atom is 0.276 e. The van der Waals surface area contributed by atoms with Crippen LogP contribution in [0.5, 0.6) is 11.5 Å². The van der Waals surface area contributed by atoms with Crippen LogP contribution in [0.1, 0.15) is 23.7 Å². The van der Waals surface area contributed by atoms with Gasteiger partial charge in [-0.05, 0) is 47.5 Å². The van der Waals surface area contributed by atoms with Crippen molar-refractivity contribution in [2.45, 2.75) is 13.3 Å². The van der Waals surface area contributed by atoms with Crippen LogP contribution in [0.2, 0.25) is 0 Å². The van der Waals surface area contributed by atoms with Gasteiger partial charge in [0.05, 0.1) is 12.2 Å². The fourth-order valence-corrected chi connectivity index (χ4v) is 3.01. The molecule has 0 spiro atoms. The Morgan fingerprint density at radius 2 is 1.72 bits per heavy atom. The second-order valence-corrected chi connectivity index (χ2v) is 7.20. The third-order valence-electron chi connectivity index (χ3n) is 4.05. The van der Waals surface area contributed by atoms with Crippen molar-refractivity contribution in [1.82, 2.24) is 10.9 Å². The van der Waals surface area contributed by atoms with Gasteiger partial charge in [-0.3, -0.25) is 20.4 Å². The number of benzene rings is 3. The van der Waals surface area contributed by atoms with Gasteiger partial charge in [0.1, 0.15) is 11.5 Å². The van der Waals surface area contributed by atoms with Gasteiger partial charge >= 0.3 is 0 Å². The summed E-state index contributed by atoms with van der Waals surface area (Å²) in [7, 11) is 0. The number of carbonyl (C=O) groups excluding carboxylic acids is 2. The third kappa shape index (κ3) is 5.71. The summed E-state index contributed by atoms with van der Waals surface area (Å²) in [5.41, 5.74) is 5.07. The summed E-state index contributed by atoms with van der Waals surface area (Å²) in [6.45, 7) is 2.25. The Bertz CT molecular complexity index is 1020. The summed E-state index contributed by atoms with van der Waals surface area (Å²) >= 11 is 3.34. The Balaban J connectivity index is 1.54. The second-order valence-electron chi connectivity index (χ2n) is 6.29. The molecule has 0 atom stereocenters. The third-order valence-corrected chi connectivity index (χ3v) is 4.55. The van der Waals surface area contributed by atoms with Crippen LogP contribution < -0.4 is 20.3 Å². The van der Waals surface area contributed by atoms with Crippen molar-refractivity contribution in [3.8, 4) is 11.5 Å². The van der Waals surface area contributed by atoms with Crippen LogP contribution in [-0.4, -0.2) is 25.0 Å². The largest absolute Gasteiger partial charge is 0.493 e. The minimum absolute atomic E-state index is 0.226. The van der Waals surface area contributed by atoms with Crippen LogP contribution in [-0.2, 0) is 4.79 Å². The molecular weight excluding hydrogens is 436 g/mol. The first-order valence-electron chi connectivity index (χ1n) is 9.20. The number of ether oxygens (including phenoxy) is 2. The molecule has 150 valence electrons. The molecule has 0 aliphatic carbocycles. The van der Waals surface area contributed by atoms with Gasteiger partial charge in [-0.2, -0.15) is 0 Å². The first-order chi connectivity index (χ1) is 14.1. The molecule has 0 heterocycles. The average Bonchev–Trinajstić information content (AvgIpc) is 2.75. The van der Waals surface area contributed by atoms with Crippen LogP contribution in [0.3, 0.4) is 0 Å². The zero-order valence-corrected chi connectivity index (χ0v) is 17.5. The minimum Gasteiger partial charge on any atom is -0.493 e. The topological polar surface area (TPSA) is 76.7 Å². The first kappa shape index (κ1) is 20.7. The summed E-state index contributed by atoms with van der Waals surface area (Å²) in [6, 6.07) is 18.6. The van der Waals surface area contributed by atoms with Crippen molar-refractivity contribution in [3.05, 3.63) is 70.7 Å². The summed E-state index contributed by atoms with van der Waals surface area (Å²) in [5, 5.41) is 2.11. The van der Waals surface area contributed by atoms with Gasteiger partial charge in [0.15, 0.2) is 6.61 Å². The molecule has 0 aliphatic rings. The number of hydrazine groups is 1. The van der Waals surface area contributed by atoms with Crippen LogP contribution in [0, 0.1) is 0 Å². The zero-order chi connectivity index (χ0) is 20.6. The highest BCUT2D eigenvalue weighted by Crippen LogP contribution is 2.23. The number of amides is 2. The molecule has 0 bridgehead atoms. The molecule has 0 aromatic heterocycles. The van der Waals surface area contributed by atoms with Crippen molar-refractivity contribution in [2.75, 3.05) is 13.2 Å². The lowest BCUT2D eigenvalue weighted by molar-refractivity contribution is -0.123. The standard InChI is InChI=1S/C22H21BrN2O4/c1-2-11-28-20-10-8-17(23)13-19(20)22(27)25-24-21(26)14-29-18-9-7-15-5-3-4-6-16(15)12-18/h3-10,12-13H,2,11,14H2,1H3,(H,24,26)(H,25,27). The summed E-state index contributed by atoms with van der Waals surface area (Å²) in [6.07, 6.45) is 0.819. The Hall–Kier alpha value is -3.06. The van der Waals surface area contributed by atoms with Gasteiger partial charge < -0.3 is 9.47 Å². The van der Waals surface area contributed by atoms with E-state index in [-0.39, 0.29) is 6.61 Å². The lowest BCUT2D eigenvalue weighted by Gasteiger charge is -2.13. The number of carbonyl (C=O) groups is 2. The van der Waals surface area contributed by atoms with Crippen molar-refractivity contribution >= 4 is 38.5 Å². The van der Waals surface area contributed by atoms with Crippen LogP contribution >= 0.6 is 15.9 Å². The Kier molecular flexibility index (Phi) is 7.08. The van der Waals surface area contributed by atoms with Crippen LogP contribution in [0.4, 0.5) is 0 Å². The molecule has 2 amide bonds. The molecule has 0 saturated heterocycles. The summed E-state index contributed by atoms with van der Waals surface area (Å²) < 4.78 is 11.8. The number of halogens is 1. The van der Waals surface area contributed by atoms with Gasteiger partial charge in [-0.25, -0.2) is 0 Å². The van der Waals surface area contributed by atoms with E-state index in [0.717, 1.165) is 21.7 Å². The fourth-order valence-electron chi connectivity index (χ4n) is 2.65. The molecule has 29 heavy (non-hydrogen) atoms. The molecule has 0 saturated carbocycles. The smallest absolute Gasteiger partial charge is 0.276 e. The van der Waals surface area contributed by atoms with E-state index in [4.69, 9.17) is 9.47 Å². The van der Waals surface area contributed by atoms with Crippen molar-refractivity contribution < 1.29 is 19.1 Å². The molecule has 2 N–H and O–H groups in total. The SMILES string of the molecule is CCCOc1ccc(Br)cc1C(=O)NNC(=O)COc1ccc2ccccc2c1. The van der Waals surface area contributed by atoms with E-state index in [1.807, 2.05) is 43.3 Å². The average molecular weight is 457 g/mol. The molecule has 0 radical (unpaired) electrons. The second kappa shape index (κ2) is 9.93. The molecule has 0 fully saturated rings. The van der Waals surface area contributed by atoms with E-state index in [1.54, 1.807) is 24.3 Å². The van der Waals surface area contributed by atoms with E-state index in [2.05, 4.69) is 26.8 Å². The lowest BCUT2D eigenvalue weighted by Crippen LogP contribution is -2.44. The maximum atomic E-state index is 12.4. The lowest BCUT2D eigenvalue weighted by atomic mass is 10.1. The van der Waals surface area contributed by atoms with Gasteiger partial charge in [0.25, 0.3) is 11.8 Å². The van der Waals surface area contributed by atoms with Crippen molar-refractivity contribution in [2.24, 2.45) is 0 Å². The van der Waals surface area contributed by atoms with Gasteiger partial charge in [0, 0.05) is 4.47 Å². The van der Waals surface area contributed by atoms with Crippen molar-refractivity contribution in [3.63, 3.8) is 0 Å². The predicted molar refractivity (Wildman–Crippen MR) is 115 cm³/mol. The molecule has 0 aliphatic heterocycles. The van der Waals surface area contributed by atoms with E-state index in [0.29, 0.717) is 23.7 Å². The monoisotopic (exact) mass is 456 g/mol. The molecule has 0 unspecified atom stereocenters. The molecule has 3 rings (SSSR count). The number of rotatable bonds is 7. The van der Waals surface area contributed by atoms with Crippen LogP contribution in [0.25, 0.3) is 10.8 Å². The number of hydrogen-bond acceptors (Lipinski definition) is 4. The quantitative estimate of drug-likeness (QED) is 0.521.